The second kappa shape index (κ2) is 5.36. The summed E-state index contributed by atoms with van der Waals surface area (Å²) in [6.07, 6.45) is 0. The van der Waals surface area contributed by atoms with Crippen molar-refractivity contribution in [3.63, 3.8) is 0 Å². The third kappa shape index (κ3) is 2.30. The van der Waals surface area contributed by atoms with Crippen LogP contribution in [0.25, 0.3) is 0 Å². The lowest BCUT2D eigenvalue weighted by Gasteiger charge is -2.30. The van der Waals surface area contributed by atoms with E-state index in [1.807, 2.05) is 0 Å². The van der Waals surface area contributed by atoms with Gasteiger partial charge in [0.15, 0.2) is 11.6 Å². The molecule has 2 rings (SSSR count). The second-order valence-corrected chi connectivity index (χ2v) is 3.63. The maximum absolute atomic E-state index is 13.3. The molecule has 0 aromatic carbocycles. The zero-order valence-corrected chi connectivity index (χ0v) is 9.77. The third-order valence-electron chi connectivity index (χ3n) is 2.35. The van der Waals surface area contributed by atoms with Gasteiger partial charge in [-0.2, -0.15) is 36.3 Å². The molecule has 0 bridgehead atoms. The van der Waals surface area contributed by atoms with Crippen molar-refractivity contribution in [2.75, 3.05) is 5.06 Å². The average Bonchev–Trinajstić information content (AvgIpc) is 2.42. The quantitative estimate of drug-likeness (QED) is 0.482. The Kier molecular flexibility index (Phi) is 3.87. The van der Waals surface area contributed by atoms with Crippen LogP contribution in [0.5, 0.6) is 0 Å². The monoisotopic (exact) mass is 330 g/mol. The number of aromatic nitrogens is 2. The fourth-order valence-corrected chi connectivity index (χ4v) is 1.40. The van der Waals surface area contributed by atoms with E-state index < -0.39 is 63.5 Å². The lowest BCUT2D eigenvalue weighted by Crippen LogP contribution is -2.19. The average molecular weight is 330 g/mol. The van der Waals surface area contributed by atoms with Crippen molar-refractivity contribution in [3.05, 3.63) is 52.3 Å². The fourth-order valence-electron chi connectivity index (χ4n) is 1.40. The molecule has 12 heteroatoms. The first kappa shape index (κ1) is 15.9. The Morgan fingerprint density at radius 3 is 1.18 bits per heavy atom. The summed E-state index contributed by atoms with van der Waals surface area (Å²) in [5.74, 6) is -18.9. The minimum atomic E-state index is -2.48. The highest BCUT2D eigenvalue weighted by Gasteiger charge is 2.28. The molecular weight excluding hydrogens is 330 g/mol. The number of hydrogen-bond donors (Lipinski definition) is 0. The zero-order valence-electron chi connectivity index (χ0n) is 9.77. The molecule has 0 saturated heterocycles. The Labute approximate surface area is 115 Å². The van der Waals surface area contributed by atoms with Gasteiger partial charge in [-0.1, -0.05) is 0 Å². The number of pyridine rings is 2. The smallest absolute Gasteiger partial charge is 0.254 e. The van der Waals surface area contributed by atoms with E-state index >= 15 is 0 Å². The molecule has 0 atom stereocenters. The summed E-state index contributed by atoms with van der Waals surface area (Å²) in [6.45, 7) is 0. The molecule has 0 aliphatic carbocycles. The summed E-state index contributed by atoms with van der Waals surface area (Å²) in [5, 5.41) is 10.2. The fraction of sp³-hybridized carbons (Fsp3) is 0. The van der Waals surface area contributed by atoms with Crippen LogP contribution in [0, 0.1) is 52.3 Å². The highest BCUT2D eigenvalue weighted by molar-refractivity contribution is 5.65. The first-order chi connectivity index (χ1) is 10.2. The second-order valence-electron chi connectivity index (χ2n) is 3.63. The molecule has 0 fully saturated rings. The molecule has 0 spiro atoms. The summed E-state index contributed by atoms with van der Waals surface area (Å²) in [6, 6.07) is 0. The van der Waals surface area contributed by atoms with Crippen LogP contribution < -0.4 is 5.06 Å². The minimum absolute atomic E-state index is 1.31. The van der Waals surface area contributed by atoms with Crippen LogP contribution in [0.1, 0.15) is 0 Å². The Bertz CT molecular complexity index is 705. The van der Waals surface area contributed by atoms with Crippen LogP contribution >= 0.6 is 0 Å². The molecule has 0 unspecified atom stereocenters. The molecule has 118 valence electrons. The van der Waals surface area contributed by atoms with Gasteiger partial charge in [0.2, 0.25) is 23.5 Å². The molecule has 2 aromatic rings. The zero-order chi connectivity index (χ0) is 16.8. The predicted molar refractivity (Wildman–Crippen MR) is 53.6 cm³/mol. The number of hydrogen-bond acceptors (Lipinski definition) is 4. The number of nitrogens with zero attached hydrogens (tertiary/aromatic N) is 3. The van der Waals surface area contributed by atoms with E-state index in [0.717, 1.165) is 0 Å². The highest BCUT2D eigenvalue weighted by Crippen LogP contribution is 2.34. The van der Waals surface area contributed by atoms with Gasteiger partial charge in [0.05, 0.1) is 0 Å². The summed E-state index contributed by atoms with van der Waals surface area (Å²) in [7, 11) is 0. The molecule has 0 aliphatic rings. The molecular formula is C10F8N3O-. The molecule has 0 radical (unpaired) electrons. The standard InChI is InChI=1S/C10F8N3O/c11-1-3(13)7(15)19-9(17)5(1)21(22)6-2(12)4(14)8(16)20-10(6)18/q-1. The molecule has 2 aromatic heterocycles. The molecule has 0 aliphatic heterocycles. The molecule has 0 amide bonds. The Hall–Kier alpha value is -2.50. The number of anilines is 2. The van der Waals surface area contributed by atoms with Crippen molar-refractivity contribution in [1.29, 1.82) is 0 Å². The molecule has 22 heavy (non-hydrogen) atoms. The van der Waals surface area contributed by atoms with Crippen LogP contribution in [0.2, 0.25) is 0 Å². The summed E-state index contributed by atoms with van der Waals surface area (Å²) >= 11 is 0. The third-order valence-corrected chi connectivity index (χ3v) is 2.35. The van der Waals surface area contributed by atoms with Gasteiger partial charge < -0.3 is 10.3 Å². The van der Waals surface area contributed by atoms with Gasteiger partial charge in [0.25, 0.3) is 11.9 Å². The predicted octanol–water partition coefficient (Wildman–Crippen LogP) is 3.23. The maximum atomic E-state index is 13.3. The summed E-state index contributed by atoms with van der Waals surface area (Å²) < 4.78 is 104. The van der Waals surface area contributed by atoms with Gasteiger partial charge in [-0.25, -0.2) is 8.78 Å². The maximum Gasteiger partial charge on any atom is 0.254 e. The van der Waals surface area contributed by atoms with Crippen LogP contribution in [0.3, 0.4) is 0 Å². The van der Waals surface area contributed by atoms with Crippen molar-refractivity contribution in [2.24, 2.45) is 0 Å². The number of rotatable bonds is 2. The summed E-state index contributed by atoms with van der Waals surface area (Å²) in [5.41, 5.74) is -4.16. The Balaban J connectivity index is 2.72. The molecule has 0 saturated carbocycles. The van der Waals surface area contributed by atoms with Gasteiger partial charge in [0.1, 0.15) is 11.4 Å². The van der Waals surface area contributed by atoms with E-state index in [1.54, 1.807) is 0 Å². The van der Waals surface area contributed by atoms with Crippen LogP contribution in [-0.4, -0.2) is 9.97 Å². The first-order valence-corrected chi connectivity index (χ1v) is 5.04. The van der Waals surface area contributed by atoms with E-state index in [4.69, 9.17) is 0 Å². The van der Waals surface area contributed by atoms with E-state index in [9.17, 15) is 40.3 Å². The lowest BCUT2D eigenvalue weighted by molar-refractivity contribution is 0.397. The van der Waals surface area contributed by atoms with Crippen LogP contribution in [-0.2, 0) is 0 Å². The minimum Gasteiger partial charge on any atom is -0.753 e. The van der Waals surface area contributed by atoms with Gasteiger partial charge in [-0.05, 0) is 0 Å². The summed E-state index contributed by atoms with van der Waals surface area (Å²) in [4.78, 5) is 4.31. The van der Waals surface area contributed by atoms with E-state index in [0.29, 0.717) is 0 Å². The van der Waals surface area contributed by atoms with Crippen LogP contribution in [0.15, 0.2) is 0 Å². The van der Waals surface area contributed by atoms with Gasteiger partial charge in [-0.15, -0.1) is 0 Å². The lowest BCUT2D eigenvalue weighted by atomic mass is 10.3. The molecule has 4 nitrogen and oxygen atoms in total. The van der Waals surface area contributed by atoms with E-state index in [-0.39, 0.29) is 0 Å². The van der Waals surface area contributed by atoms with E-state index in [2.05, 4.69) is 9.97 Å². The normalized spacial score (nSPS) is 11.0. The Morgan fingerprint density at radius 2 is 0.864 bits per heavy atom. The van der Waals surface area contributed by atoms with Gasteiger partial charge >= 0.3 is 0 Å². The van der Waals surface area contributed by atoms with Crippen LogP contribution in [0.4, 0.5) is 46.5 Å². The van der Waals surface area contributed by atoms with Crippen molar-refractivity contribution < 1.29 is 35.1 Å². The van der Waals surface area contributed by atoms with Crippen molar-refractivity contribution >= 4 is 11.4 Å². The van der Waals surface area contributed by atoms with Gasteiger partial charge in [0, 0.05) is 0 Å². The van der Waals surface area contributed by atoms with Crippen molar-refractivity contribution in [2.45, 2.75) is 0 Å². The van der Waals surface area contributed by atoms with Crippen molar-refractivity contribution in [3.8, 4) is 0 Å². The van der Waals surface area contributed by atoms with Crippen molar-refractivity contribution in [1.82, 2.24) is 9.97 Å². The largest absolute Gasteiger partial charge is 0.753 e. The highest BCUT2D eigenvalue weighted by atomic mass is 19.2. The topological polar surface area (TPSA) is 52.1 Å². The first-order valence-electron chi connectivity index (χ1n) is 5.04. The SMILES string of the molecule is [O-]N(c1c(F)nc(F)c(F)c1F)c1c(F)nc(F)c(F)c1F. The van der Waals surface area contributed by atoms with E-state index in [1.165, 1.54) is 0 Å². The molecule has 2 heterocycles. The molecule has 0 N–H and O–H groups in total. The Morgan fingerprint density at radius 1 is 0.545 bits per heavy atom. The number of halogens is 8. The van der Waals surface area contributed by atoms with Gasteiger partial charge in [-0.3, -0.25) is 0 Å².